The van der Waals surface area contributed by atoms with Gasteiger partial charge in [-0.05, 0) is 29.9 Å². The third kappa shape index (κ3) is 4.11. The number of hydrogen-bond acceptors (Lipinski definition) is 2. The topological polar surface area (TPSA) is 12.5 Å². The molecule has 1 saturated heterocycles. The standard InChI is InChI=1S/C16H25NO/c1-14(2)16-7-5-15(6-8-16)13-17-9-3-11-18-12-4-10-17/h5-8,14H,3-4,9-13H2,1-2H3. The predicted octanol–water partition coefficient (Wildman–Crippen LogP) is 3.42. The summed E-state index contributed by atoms with van der Waals surface area (Å²) in [5.74, 6) is 0.623. The fourth-order valence-electron chi connectivity index (χ4n) is 2.42. The number of rotatable bonds is 3. The summed E-state index contributed by atoms with van der Waals surface area (Å²) in [6.45, 7) is 9.72. The Morgan fingerprint density at radius 3 is 2.22 bits per heavy atom. The Bertz CT molecular complexity index is 337. The second kappa shape index (κ2) is 6.91. The summed E-state index contributed by atoms with van der Waals surface area (Å²) >= 11 is 0. The normalized spacial score (nSPS) is 18.6. The summed E-state index contributed by atoms with van der Waals surface area (Å²) in [7, 11) is 0. The van der Waals surface area contributed by atoms with Crippen LogP contribution in [0.25, 0.3) is 0 Å². The van der Waals surface area contributed by atoms with Crippen LogP contribution in [0.5, 0.6) is 0 Å². The van der Waals surface area contributed by atoms with E-state index in [4.69, 9.17) is 4.74 Å². The molecule has 0 bridgehead atoms. The summed E-state index contributed by atoms with van der Waals surface area (Å²) < 4.78 is 5.49. The highest BCUT2D eigenvalue weighted by Crippen LogP contribution is 2.16. The quantitative estimate of drug-likeness (QED) is 0.811. The minimum absolute atomic E-state index is 0.623. The molecule has 18 heavy (non-hydrogen) atoms. The Morgan fingerprint density at radius 2 is 1.67 bits per heavy atom. The van der Waals surface area contributed by atoms with Crippen molar-refractivity contribution in [2.75, 3.05) is 26.3 Å². The van der Waals surface area contributed by atoms with E-state index >= 15 is 0 Å². The van der Waals surface area contributed by atoms with E-state index in [2.05, 4.69) is 43.0 Å². The fraction of sp³-hybridized carbons (Fsp3) is 0.625. The smallest absolute Gasteiger partial charge is 0.0478 e. The van der Waals surface area contributed by atoms with Crippen LogP contribution < -0.4 is 0 Å². The van der Waals surface area contributed by atoms with Crippen LogP contribution in [-0.4, -0.2) is 31.2 Å². The van der Waals surface area contributed by atoms with E-state index in [1.54, 1.807) is 0 Å². The van der Waals surface area contributed by atoms with Gasteiger partial charge < -0.3 is 4.74 Å². The first-order chi connectivity index (χ1) is 8.75. The van der Waals surface area contributed by atoms with Gasteiger partial charge in [-0.3, -0.25) is 4.90 Å². The lowest BCUT2D eigenvalue weighted by Crippen LogP contribution is -2.29. The molecular weight excluding hydrogens is 222 g/mol. The first kappa shape index (κ1) is 13.6. The van der Waals surface area contributed by atoms with Crippen molar-refractivity contribution in [3.8, 4) is 0 Å². The monoisotopic (exact) mass is 247 g/mol. The van der Waals surface area contributed by atoms with E-state index < -0.39 is 0 Å². The molecule has 0 spiro atoms. The molecule has 0 saturated carbocycles. The molecule has 1 aromatic carbocycles. The zero-order valence-electron chi connectivity index (χ0n) is 11.7. The van der Waals surface area contributed by atoms with Crippen molar-refractivity contribution in [3.05, 3.63) is 35.4 Å². The predicted molar refractivity (Wildman–Crippen MR) is 75.9 cm³/mol. The minimum atomic E-state index is 0.623. The molecule has 2 heteroatoms. The molecular formula is C16H25NO. The molecule has 1 aromatic rings. The van der Waals surface area contributed by atoms with Crippen molar-refractivity contribution in [2.45, 2.75) is 39.2 Å². The highest BCUT2D eigenvalue weighted by Gasteiger charge is 2.08. The number of ether oxygens (including phenoxy) is 1. The molecule has 100 valence electrons. The maximum atomic E-state index is 5.49. The average molecular weight is 247 g/mol. The Labute approximate surface area is 111 Å². The van der Waals surface area contributed by atoms with Gasteiger partial charge in [-0.2, -0.15) is 0 Å². The van der Waals surface area contributed by atoms with Crippen LogP contribution in [-0.2, 0) is 11.3 Å². The maximum Gasteiger partial charge on any atom is 0.0478 e. The van der Waals surface area contributed by atoms with Crippen LogP contribution in [0.2, 0.25) is 0 Å². The lowest BCUT2D eigenvalue weighted by Gasteiger charge is -2.24. The van der Waals surface area contributed by atoms with Gasteiger partial charge in [0, 0.05) is 32.8 Å². The molecule has 2 rings (SSSR count). The second-order valence-corrected chi connectivity index (χ2v) is 5.49. The highest BCUT2D eigenvalue weighted by molar-refractivity contribution is 5.24. The molecule has 2 nitrogen and oxygen atoms in total. The third-order valence-electron chi connectivity index (χ3n) is 3.58. The van der Waals surface area contributed by atoms with Crippen molar-refractivity contribution >= 4 is 0 Å². The van der Waals surface area contributed by atoms with Gasteiger partial charge in [-0.1, -0.05) is 38.1 Å². The molecule has 0 aliphatic carbocycles. The molecule has 0 radical (unpaired) electrons. The van der Waals surface area contributed by atoms with E-state index in [1.807, 2.05) is 0 Å². The molecule has 1 aliphatic rings. The van der Waals surface area contributed by atoms with E-state index in [9.17, 15) is 0 Å². The van der Waals surface area contributed by atoms with Crippen molar-refractivity contribution in [1.29, 1.82) is 0 Å². The Hall–Kier alpha value is -0.860. The Kier molecular flexibility index (Phi) is 5.21. The van der Waals surface area contributed by atoms with E-state index in [1.165, 1.54) is 11.1 Å². The third-order valence-corrected chi connectivity index (χ3v) is 3.58. The largest absolute Gasteiger partial charge is 0.381 e. The molecule has 1 aliphatic heterocycles. The van der Waals surface area contributed by atoms with Crippen molar-refractivity contribution < 1.29 is 4.74 Å². The molecule has 0 atom stereocenters. The molecule has 1 heterocycles. The fourth-order valence-corrected chi connectivity index (χ4v) is 2.42. The van der Waals surface area contributed by atoms with Gasteiger partial charge in [0.2, 0.25) is 0 Å². The SMILES string of the molecule is CC(C)c1ccc(CN2CCCOCCC2)cc1. The maximum absolute atomic E-state index is 5.49. The molecule has 0 amide bonds. The highest BCUT2D eigenvalue weighted by atomic mass is 16.5. The first-order valence-corrected chi connectivity index (χ1v) is 7.14. The van der Waals surface area contributed by atoms with Crippen LogP contribution in [0.15, 0.2) is 24.3 Å². The number of nitrogens with zero attached hydrogens (tertiary/aromatic N) is 1. The summed E-state index contributed by atoms with van der Waals surface area (Å²) in [6, 6.07) is 9.11. The summed E-state index contributed by atoms with van der Waals surface area (Å²) in [5, 5.41) is 0. The zero-order chi connectivity index (χ0) is 12.8. The van der Waals surface area contributed by atoms with Gasteiger partial charge in [0.25, 0.3) is 0 Å². The molecule has 0 unspecified atom stereocenters. The average Bonchev–Trinajstić information content (AvgIpc) is 2.33. The first-order valence-electron chi connectivity index (χ1n) is 7.14. The van der Waals surface area contributed by atoms with Gasteiger partial charge in [-0.25, -0.2) is 0 Å². The zero-order valence-corrected chi connectivity index (χ0v) is 11.7. The van der Waals surface area contributed by atoms with Crippen LogP contribution in [0.4, 0.5) is 0 Å². The van der Waals surface area contributed by atoms with Gasteiger partial charge >= 0.3 is 0 Å². The lowest BCUT2D eigenvalue weighted by molar-refractivity contribution is 0.0865. The minimum Gasteiger partial charge on any atom is -0.381 e. The van der Waals surface area contributed by atoms with Crippen molar-refractivity contribution in [3.63, 3.8) is 0 Å². The van der Waals surface area contributed by atoms with Crippen LogP contribution in [0.1, 0.15) is 43.7 Å². The van der Waals surface area contributed by atoms with Gasteiger partial charge in [-0.15, -0.1) is 0 Å². The van der Waals surface area contributed by atoms with Gasteiger partial charge in [0.05, 0.1) is 0 Å². The second-order valence-electron chi connectivity index (χ2n) is 5.49. The molecule has 0 N–H and O–H groups in total. The summed E-state index contributed by atoms with van der Waals surface area (Å²) in [4.78, 5) is 2.55. The summed E-state index contributed by atoms with van der Waals surface area (Å²) in [5.41, 5.74) is 2.86. The Morgan fingerprint density at radius 1 is 1.06 bits per heavy atom. The molecule has 1 fully saturated rings. The molecule has 0 aromatic heterocycles. The van der Waals surface area contributed by atoms with Crippen molar-refractivity contribution in [1.82, 2.24) is 4.90 Å². The van der Waals surface area contributed by atoms with Gasteiger partial charge in [0.15, 0.2) is 0 Å². The lowest BCUT2D eigenvalue weighted by atomic mass is 10.0. The van der Waals surface area contributed by atoms with Gasteiger partial charge in [0.1, 0.15) is 0 Å². The van der Waals surface area contributed by atoms with Crippen LogP contribution in [0.3, 0.4) is 0 Å². The van der Waals surface area contributed by atoms with Crippen LogP contribution in [0, 0.1) is 0 Å². The van der Waals surface area contributed by atoms with E-state index in [-0.39, 0.29) is 0 Å². The summed E-state index contributed by atoms with van der Waals surface area (Å²) in [6.07, 6.45) is 2.31. The van der Waals surface area contributed by atoms with E-state index in [0.29, 0.717) is 5.92 Å². The van der Waals surface area contributed by atoms with E-state index in [0.717, 1.165) is 45.7 Å². The van der Waals surface area contributed by atoms with Crippen molar-refractivity contribution in [2.24, 2.45) is 0 Å². The number of hydrogen-bond donors (Lipinski definition) is 0. The Balaban J connectivity index is 1.90. The number of benzene rings is 1. The van der Waals surface area contributed by atoms with Crippen LogP contribution >= 0.6 is 0 Å².